The number of carbonyl (C=O) groups excluding carboxylic acids is 1. The number of nitrogens with zero attached hydrogens (tertiary/aromatic N) is 2. The maximum atomic E-state index is 11.9. The Bertz CT molecular complexity index is 633. The Balaban J connectivity index is 1.53. The zero-order valence-electron chi connectivity index (χ0n) is 12.5. The fourth-order valence-electron chi connectivity index (χ4n) is 2.55. The molecule has 1 amide bonds. The monoisotopic (exact) mass is 333 g/mol. The van der Waals surface area contributed by atoms with Crippen LogP contribution in [0.15, 0.2) is 28.6 Å². The Morgan fingerprint density at radius 1 is 1.32 bits per heavy atom. The summed E-state index contributed by atoms with van der Waals surface area (Å²) in [6, 6.07) is 8.54. The molecule has 22 heavy (non-hydrogen) atoms. The smallest absolute Gasteiger partial charge is 0.230 e. The molecule has 0 atom stereocenters. The van der Waals surface area contributed by atoms with Crippen LogP contribution in [0.5, 0.6) is 0 Å². The SMILES string of the molecule is Cc1ccc(-c2nsc(SCC(=O)NC3CCCC3)n2)cc1. The van der Waals surface area contributed by atoms with E-state index in [1.807, 2.05) is 12.1 Å². The highest BCUT2D eigenvalue weighted by molar-refractivity contribution is 8.01. The first kappa shape index (κ1) is 15.5. The van der Waals surface area contributed by atoms with Crippen molar-refractivity contribution in [3.63, 3.8) is 0 Å². The van der Waals surface area contributed by atoms with E-state index in [1.54, 1.807) is 0 Å². The normalized spacial score (nSPS) is 15.1. The van der Waals surface area contributed by atoms with Gasteiger partial charge in [0.05, 0.1) is 5.75 Å². The molecule has 6 heteroatoms. The van der Waals surface area contributed by atoms with Gasteiger partial charge < -0.3 is 5.32 Å². The lowest BCUT2D eigenvalue weighted by Gasteiger charge is -2.10. The second-order valence-electron chi connectivity index (χ2n) is 5.59. The molecular weight excluding hydrogens is 314 g/mol. The maximum absolute atomic E-state index is 11.9. The summed E-state index contributed by atoms with van der Waals surface area (Å²) in [6.07, 6.45) is 4.70. The Morgan fingerprint density at radius 3 is 2.77 bits per heavy atom. The van der Waals surface area contributed by atoms with Crippen molar-refractivity contribution >= 4 is 29.2 Å². The lowest BCUT2D eigenvalue weighted by atomic mass is 10.1. The molecule has 0 bridgehead atoms. The largest absolute Gasteiger partial charge is 0.353 e. The highest BCUT2D eigenvalue weighted by Crippen LogP contribution is 2.25. The quantitative estimate of drug-likeness (QED) is 0.848. The standard InChI is InChI=1S/C16H19N3OS2/c1-11-6-8-12(9-7-11)15-18-16(22-19-15)21-10-14(20)17-13-4-2-3-5-13/h6-9,13H,2-5,10H2,1H3,(H,17,20). The second kappa shape index (κ2) is 7.24. The molecule has 0 saturated heterocycles. The van der Waals surface area contributed by atoms with Crippen LogP contribution in [-0.2, 0) is 4.79 Å². The van der Waals surface area contributed by atoms with E-state index in [9.17, 15) is 4.79 Å². The first-order valence-electron chi connectivity index (χ1n) is 7.53. The molecule has 0 spiro atoms. The van der Waals surface area contributed by atoms with Crippen molar-refractivity contribution in [3.8, 4) is 11.4 Å². The minimum absolute atomic E-state index is 0.101. The number of nitrogens with one attached hydrogen (secondary N) is 1. The molecule has 1 aromatic carbocycles. The number of hydrogen-bond donors (Lipinski definition) is 1. The van der Waals surface area contributed by atoms with E-state index in [2.05, 4.69) is 33.7 Å². The van der Waals surface area contributed by atoms with Crippen LogP contribution in [0.25, 0.3) is 11.4 Å². The summed E-state index contributed by atoms with van der Waals surface area (Å²) in [5.41, 5.74) is 2.24. The lowest BCUT2D eigenvalue weighted by molar-refractivity contribution is -0.119. The Hall–Kier alpha value is -1.40. The summed E-state index contributed by atoms with van der Waals surface area (Å²) in [7, 11) is 0. The van der Waals surface area contributed by atoms with Crippen LogP contribution >= 0.6 is 23.3 Å². The van der Waals surface area contributed by atoms with Gasteiger partial charge in [0.1, 0.15) is 0 Å². The van der Waals surface area contributed by atoms with E-state index in [1.165, 1.54) is 41.7 Å². The summed E-state index contributed by atoms with van der Waals surface area (Å²) in [5, 5.41) is 3.09. The van der Waals surface area contributed by atoms with Gasteiger partial charge >= 0.3 is 0 Å². The molecule has 1 saturated carbocycles. The Morgan fingerprint density at radius 2 is 2.05 bits per heavy atom. The molecule has 1 heterocycles. The van der Waals surface area contributed by atoms with E-state index in [0.29, 0.717) is 11.8 Å². The van der Waals surface area contributed by atoms with Gasteiger partial charge in [-0.1, -0.05) is 54.4 Å². The van der Waals surface area contributed by atoms with E-state index in [0.717, 1.165) is 28.6 Å². The minimum atomic E-state index is 0.101. The Labute approximate surface area is 138 Å². The van der Waals surface area contributed by atoms with Crippen molar-refractivity contribution in [3.05, 3.63) is 29.8 Å². The highest BCUT2D eigenvalue weighted by Gasteiger charge is 2.17. The van der Waals surface area contributed by atoms with Crippen molar-refractivity contribution < 1.29 is 4.79 Å². The number of aryl methyl sites for hydroxylation is 1. The number of aromatic nitrogens is 2. The third kappa shape index (κ3) is 4.08. The van der Waals surface area contributed by atoms with Crippen molar-refractivity contribution in [2.75, 3.05) is 5.75 Å². The van der Waals surface area contributed by atoms with E-state index >= 15 is 0 Å². The van der Waals surface area contributed by atoms with Crippen LogP contribution in [0.4, 0.5) is 0 Å². The van der Waals surface area contributed by atoms with Gasteiger partial charge in [-0.25, -0.2) is 4.98 Å². The second-order valence-corrected chi connectivity index (χ2v) is 7.56. The van der Waals surface area contributed by atoms with Crippen molar-refractivity contribution in [2.45, 2.75) is 43.0 Å². The summed E-state index contributed by atoms with van der Waals surface area (Å²) in [4.78, 5) is 16.4. The predicted molar refractivity (Wildman–Crippen MR) is 91.2 cm³/mol. The van der Waals surface area contributed by atoms with E-state index < -0.39 is 0 Å². The van der Waals surface area contributed by atoms with Gasteiger partial charge in [0.25, 0.3) is 0 Å². The van der Waals surface area contributed by atoms with Crippen molar-refractivity contribution in [2.24, 2.45) is 0 Å². The van der Waals surface area contributed by atoms with Gasteiger partial charge in [0.2, 0.25) is 5.91 Å². The number of amides is 1. The molecule has 1 fully saturated rings. The van der Waals surface area contributed by atoms with Gasteiger partial charge in [-0.05, 0) is 31.3 Å². The van der Waals surface area contributed by atoms with Crippen molar-refractivity contribution in [1.82, 2.24) is 14.7 Å². The number of hydrogen-bond acceptors (Lipinski definition) is 5. The van der Waals surface area contributed by atoms with E-state index in [-0.39, 0.29) is 5.91 Å². The molecule has 1 aliphatic rings. The van der Waals surface area contributed by atoms with E-state index in [4.69, 9.17) is 0 Å². The first-order valence-corrected chi connectivity index (χ1v) is 9.29. The van der Waals surface area contributed by atoms with Crippen LogP contribution in [0, 0.1) is 6.92 Å². The summed E-state index contributed by atoms with van der Waals surface area (Å²) in [6.45, 7) is 2.06. The van der Waals surface area contributed by atoms with Gasteiger partial charge in [0, 0.05) is 11.6 Å². The summed E-state index contributed by atoms with van der Waals surface area (Å²) < 4.78 is 5.22. The first-order chi connectivity index (χ1) is 10.7. The molecule has 2 aromatic rings. The zero-order chi connectivity index (χ0) is 15.4. The summed E-state index contributed by atoms with van der Waals surface area (Å²) in [5.74, 6) is 1.26. The van der Waals surface area contributed by atoms with Crippen LogP contribution in [0.3, 0.4) is 0 Å². The van der Waals surface area contributed by atoms with Gasteiger partial charge in [-0.15, -0.1) is 0 Å². The number of rotatable bonds is 5. The molecule has 1 N–H and O–H groups in total. The molecule has 4 nitrogen and oxygen atoms in total. The molecular formula is C16H19N3OS2. The van der Waals surface area contributed by atoms with Crippen LogP contribution < -0.4 is 5.32 Å². The predicted octanol–water partition coefficient (Wildman–Crippen LogP) is 3.66. The van der Waals surface area contributed by atoms with Gasteiger partial charge in [0.15, 0.2) is 10.2 Å². The number of benzene rings is 1. The molecule has 1 aliphatic carbocycles. The van der Waals surface area contributed by atoms with Gasteiger partial charge in [-0.3, -0.25) is 4.79 Å². The Kier molecular flexibility index (Phi) is 5.10. The average Bonchev–Trinajstić information content (AvgIpc) is 3.17. The van der Waals surface area contributed by atoms with Crippen LogP contribution in [0.1, 0.15) is 31.2 Å². The fraction of sp³-hybridized carbons (Fsp3) is 0.438. The number of thioether (sulfide) groups is 1. The molecule has 116 valence electrons. The third-order valence-corrected chi connectivity index (χ3v) is 5.60. The molecule has 0 unspecified atom stereocenters. The van der Waals surface area contributed by atoms with Crippen molar-refractivity contribution in [1.29, 1.82) is 0 Å². The average molecular weight is 333 g/mol. The minimum Gasteiger partial charge on any atom is -0.353 e. The molecule has 0 radical (unpaired) electrons. The zero-order valence-corrected chi connectivity index (χ0v) is 14.2. The lowest BCUT2D eigenvalue weighted by Crippen LogP contribution is -2.33. The third-order valence-electron chi connectivity index (χ3n) is 3.76. The molecule has 3 rings (SSSR count). The maximum Gasteiger partial charge on any atom is 0.230 e. The number of carbonyl (C=O) groups is 1. The highest BCUT2D eigenvalue weighted by atomic mass is 32.2. The molecule has 1 aromatic heterocycles. The molecule has 0 aliphatic heterocycles. The van der Waals surface area contributed by atoms with Crippen LogP contribution in [-0.4, -0.2) is 27.1 Å². The fourth-order valence-corrected chi connectivity index (χ4v) is 3.98. The van der Waals surface area contributed by atoms with Gasteiger partial charge in [-0.2, -0.15) is 4.37 Å². The topological polar surface area (TPSA) is 54.9 Å². The van der Waals surface area contributed by atoms with Crippen LogP contribution in [0.2, 0.25) is 0 Å². The summed E-state index contributed by atoms with van der Waals surface area (Å²) >= 11 is 2.82.